The van der Waals surface area contributed by atoms with Crippen molar-refractivity contribution >= 4 is 33.7 Å². The quantitative estimate of drug-likeness (QED) is 0.193. The van der Waals surface area contributed by atoms with E-state index in [9.17, 15) is 9.18 Å². The molecule has 7 aromatic rings. The van der Waals surface area contributed by atoms with E-state index in [1.165, 1.54) is 12.1 Å². The number of methoxy groups -OCH3 is 1. The van der Waals surface area contributed by atoms with E-state index in [4.69, 9.17) is 19.8 Å². The summed E-state index contributed by atoms with van der Waals surface area (Å²) >= 11 is 0. The topological polar surface area (TPSA) is 86.9 Å². The molecule has 9 heteroatoms. The van der Waals surface area contributed by atoms with Crippen LogP contribution in [0.25, 0.3) is 50.4 Å². The Morgan fingerprint density at radius 2 is 1.70 bits per heavy atom. The van der Waals surface area contributed by atoms with E-state index >= 15 is 0 Å². The van der Waals surface area contributed by atoms with Gasteiger partial charge in [0.15, 0.2) is 5.65 Å². The van der Waals surface area contributed by atoms with Gasteiger partial charge in [0.1, 0.15) is 17.4 Å². The number of aryl methyl sites for hydroxylation is 1. The highest BCUT2D eigenvalue weighted by Gasteiger charge is 2.30. The van der Waals surface area contributed by atoms with Crippen LogP contribution in [0.1, 0.15) is 40.5 Å². The molecule has 0 radical (unpaired) electrons. The molecule has 0 bridgehead atoms. The Labute approximate surface area is 270 Å². The predicted molar refractivity (Wildman–Crippen MR) is 182 cm³/mol. The molecule has 0 aliphatic heterocycles. The number of pyridine rings is 1. The van der Waals surface area contributed by atoms with Crippen LogP contribution < -0.4 is 10.1 Å². The number of imidazole rings is 1. The highest BCUT2D eigenvalue weighted by atomic mass is 19.1. The second kappa shape index (κ2) is 11.2. The smallest absolute Gasteiger partial charge is 0.256 e. The summed E-state index contributed by atoms with van der Waals surface area (Å²) in [5.41, 5.74) is 8.02. The predicted octanol–water partition coefficient (Wildman–Crippen LogP) is 8.46. The molecule has 1 aliphatic rings. The van der Waals surface area contributed by atoms with E-state index < -0.39 is 0 Å². The SMILES string of the molecule is COc1ccc(-c2cc(C(=O)Nc3cccc(-c4nc5cc(F)ccc5n4C4CC4)c3C)c3c(C)nn(-c4ccccc4)c3n2)cc1. The number of anilines is 1. The van der Waals surface area contributed by atoms with Crippen LogP contribution in [0, 0.1) is 19.7 Å². The van der Waals surface area contributed by atoms with E-state index in [0.717, 1.165) is 52.3 Å². The summed E-state index contributed by atoms with van der Waals surface area (Å²) in [6.45, 7) is 3.87. The summed E-state index contributed by atoms with van der Waals surface area (Å²) in [5.74, 6) is 0.912. The fourth-order valence-electron chi connectivity index (χ4n) is 6.29. The zero-order valence-corrected chi connectivity index (χ0v) is 26.2. The largest absolute Gasteiger partial charge is 0.497 e. The molecule has 1 aliphatic carbocycles. The Morgan fingerprint density at radius 1 is 0.915 bits per heavy atom. The van der Waals surface area contributed by atoms with Crippen LogP contribution in [-0.4, -0.2) is 37.3 Å². The molecule has 232 valence electrons. The Morgan fingerprint density at radius 3 is 2.45 bits per heavy atom. The lowest BCUT2D eigenvalue weighted by Crippen LogP contribution is -2.14. The molecule has 47 heavy (non-hydrogen) atoms. The molecule has 4 aromatic carbocycles. The number of ether oxygens (including phenoxy) is 1. The molecule has 0 atom stereocenters. The van der Waals surface area contributed by atoms with Gasteiger partial charge in [-0.3, -0.25) is 4.79 Å². The number of nitrogens with zero attached hydrogens (tertiary/aromatic N) is 5. The van der Waals surface area contributed by atoms with Gasteiger partial charge in [-0.2, -0.15) is 5.10 Å². The summed E-state index contributed by atoms with van der Waals surface area (Å²) in [6.07, 6.45) is 2.10. The zero-order valence-electron chi connectivity index (χ0n) is 26.2. The lowest BCUT2D eigenvalue weighted by molar-refractivity contribution is 0.102. The molecule has 3 heterocycles. The fourth-order valence-corrected chi connectivity index (χ4v) is 6.29. The van der Waals surface area contributed by atoms with Gasteiger partial charge < -0.3 is 14.6 Å². The van der Waals surface area contributed by atoms with Crippen molar-refractivity contribution in [3.63, 3.8) is 0 Å². The molecule has 1 fully saturated rings. The maximum absolute atomic E-state index is 14.3. The minimum Gasteiger partial charge on any atom is -0.497 e. The van der Waals surface area contributed by atoms with E-state index in [0.29, 0.717) is 45.2 Å². The molecular weight excluding hydrogens is 591 g/mol. The number of benzene rings is 4. The average Bonchev–Trinajstić information content (AvgIpc) is 3.79. The minimum absolute atomic E-state index is 0.277. The van der Waals surface area contributed by atoms with Gasteiger partial charge in [0.25, 0.3) is 5.91 Å². The van der Waals surface area contributed by atoms with Gasteiger partial charge in [-0.05, 0) is 92.9 Å². The molecule has 1 saturated carbocycles. The molecular formula is C38H31FN6O2. The number of hydrogen-bond acceptors (Lipinski definition) is 5. The maximum atomic E-state index is 14.3. The first-order valence-corrected chi connectivity index (χ1v) is 15.6. The van der Waals surface area contributed by atoms with Gasteiger partial charge in [0, 0.05) is 28.9 Å². The van der Waals surface area contributed by atoms with Gasteiger partial charge in [0.05, 0.1) is 46.2 Å². The number of fused-ring (bicyclic) bond motifs is 2. The van der Waals surface area contributed by atoms with E-state index in [-0.39, 0.29) is 11.7 Å². The lowest BCUT2D eigenvalue weighted by atomic mass is 10.0. The van der Waals surface area contributed by atoms with Crippen molar-refractivity contribution in [2.45, 2.75) is 32.7 Å². The normalized spacial score (nSPS) is 12.9. The second-order valence-corrected chi connectivity index (χ2v) is 11.9. The molecule has 3 aromatic heterocycles. The first kappa shape index (κ1) is 28.6. The molecule has 8 nitrogen and oxygen atoms in total. The first-order valence-electron chi connectivity index (χ1n) is 15.6. The van der Waals surface area contributed by atoms with Gasteiger partial charge in [-0.25, -0.2) is 19.0 Å². The second-order valence-electron chi connectivity index (χ2n) is 11.9. The molecule has 0 unspecified atom stereocenters. The number of carbonyl (C=O) groups is 1. The number of para-hydroxylation sites is 1. The van der Waals surface area contributed by atoms with Gasteiger partial charge >= 0.3 is 0 Å². The number of hydrogen-bond donors (Lipinski definition) is 1. The number of amides is 1. The van der Waals surface area contributed by atoms with Crippen molar-refractivity contribution in [1.82, 2.24) is 24.3 Å². The van der Waals surface area contributed by atoms with Crippen molar-refractivity contribution in [3.8, 4) is 34.1 Å². The monoisotopic (exact) mass is 622 g/mol. The van der Waals surface area contributed by atoms with Crippen LogP contribution in [0.5, 0.6) is 5.75 Å². The van der Waals surface area contributed by atoms with Crippen LogP contribution >= 0.6 is 0 Å². The highest BCUT2D eigenvalue weighted by molar-refractivity contribution is 6.14. The van der Waals surface area contributed by atoms with Crippen LogP contribution in [-0.2, 0) is 0 Å². The van der Waals surface area contributed by atoms with Crippen molar-refractivity contribution in [3.05, 3.63) is 120 Å². The van der Waals surface area contributed by atoms with Gasteiger partial charge in [-0.1, -0.05) is 30.3 Å². The van der Waals surface area contributed by atoms with Crippen molar-refractivity contribution < 1.29 is 13.9 Å². The Balaban J connectivity index is 1.24. The van der Waals surface area contributed by atoms with Crippen LogP contribution in [0.15, 0.2) is 97.1 Å². The standard InChI is InChI=1S/C38H31FN6O2/c1-22-29(36-41-33-20-25(39)14-19-34(33)44(36)26-15-16-26)10-7-11-31(22)42-38(46)30-21-32(24-12-17-28(47-3)18-13-24)40-37-35(30)23(2)43-45(37)27-8-5-4-6-9-27/h4-14,17-21,26H,15-16H2,1-3H3,(H,42,46). The van der Waals surface area contributed by atoms with E-state index in [2.05, 4.69) is 9.88 Å². The molecule has 0 spiro atoms. The van der Waals surface area contributed by atoms with Crippen LogP contribution in [0.4, 0.5) is 10.1 Å². The Hall–Kier alpha value is -5.83. The van der Waals surface area contributed by atoms with Gasteiger partial charge in [-0.15, -0.1) is 0 Å². The number of halogens is 1. The van der Waals surface area contributed by atoms with Crippen molar-refractivity contribution in [2.24, 2.45) is 0 Å². The molecule has 0 saturated heterocycles. The van der Waals surface area contributed by atoms with Crippen LogP contribution in [0.3, 0.4) is 0 Å². The summed E-state index contributed by atoms with van der Waals surface area (Å²) < 4.78 is 23.5. The average molecular weight is 623 g/mol. The summed E-state index contributed by atoms with van der Waals surface area (Å²) in [6, 6.07) is 30.1. The number of aromatic nitrogens is 5. The van der Waals surface area contributed by atoms with Gasteiger partial charge in [0.2, 0.25) is 0 Å². The Bertz CT molecular complexity index is 2320. The third kappa shape index (κ3) is 5.00. The highest BCUT2D eigenvalue weighted by Crippen LogP contribution is 2.42. The fraction of sp³-hybridized carbons (Fsp3) is 0.158. The minimum atomic E-state index is -0.314. The molecule has 1 amide bonds. The third-order valence-corrected chi connectivity index (χ3v) is 8.83. The van der Waals surface area contributed by atoms with Crippen LogP contribution in [0.2, 0.25) is 0 Å². The number of rotatable bonds is 7. The van der Waals surface area contributed by atoms with E-state index in [1.807, 2.05) is 92.7 Å². The first-order chi connectivity index (χ1) is 22.9. The van der Waals surface area contributed by atoms with Crippen molar-refractivity contribution in [1.29, 1.82) is 0 Å². The zero-order chi connectivity index (χ0) is 32.2. The maximum Gasteiger partial charge on any atom is 0.256 e. The molecule has 1 N–H and O–H groups in total. The molecule has 8 rings (SSSR count). The third-order valence-electron chi connectivity index (χ3n) is 8.83. The summed E-state index contributed by atoms with van der Waals surface area (Å²) in [7, 11) is 1.63. The number of nitrogens with one attached hydrogen (secondary N) is 1. The van der Waals surface area contributed by atoms with Crippen molar-refractivity contribution in [2.75, 3.05) is 12.4 Å². The number of carbonyl (C=O) groups excluding carboxylic acids is 1. The summed E-state index contributed by atoms with van der Waals surface area (Å²) in [5, 5.41) is 8.68. The lowest BCUT2D eigenvalue weighted by Gasteiger charge is -2.15. The van der Waals surface area contributed by atoms with E-state index in [1.54, 1.807) is 17.9 Å². The summed E-state index contributed by atoms with van der Waals surface area (Å²) in [4.78, 5) is 24.2. The Kier molecular flexibility index (Phi) is 6.82.